The number of esters is 2. The van der Waals surface area contributed by atoms with E-state index in [1.807, 2.05) is 6.92 Å². The number of ether oxygens (including phenoxy) is 2. The molecule has 0 spiro atoms. The summed E-state index contributed by atoms with van der Waals surface area (Å²) in [4.78, 5) is 23.0. The van der Waals surface area contributed by atoms with Crippen molar-refractivity contribution in [1.29, 1.82) is 0 Å². The Bertz CT molecular complexity index is 319. The van der Waals surface area contributed by atoms with Crippen LogP contribution in [-0.2, 0) is 19.1 Å². The average molecular weight is 226 g/mol. The number of carbonyl (C=O) groups is 2. The summed E-state index contributed by atoms with van der Waals surface area (Å²) in [5, 5.41) is 0. The number of carbonyl (C=O) groups excluding carboxylic acids is 2. The molecule has 0 aromatic heterocycles. The largest absolute Gasteiger partial charge is 0.468 e. The normalized spacial score (nSPS) is 27.6. The molecule has 0 aliphatic heterocycles. The smallest absolute Gasteiger partial charge is 0.330 e. The highest BCUT2D eigenvalue weighted by atomic mass is 16.5. The second kappa shape index (κ2) is 5.14. The summed E-state index contributed by atoms with van der Waals surface area (Å²) in [5.74, 6) is -0.686. The maximum Gasteiger partial charge on any atom is 0.330 e. The first kappa shape index (κ1) is 12.7. The third-order valence-electron chi connectivity index (χ3n) is 3.21. The second-order valence-electron chi connectivity index (χ2n) is 4.22. The molecule has 0 aromatic carbocycles. The molecule has 0 aromatic rings. The molecule has 1 atom stereocenters. The van der Waals surface area contributed by atoms with Crippen molar-refractivity contribution in [2.75, 3.05) is 14.2 Å². The molecule has 0 N–H and O–H groups in total. The monoisotopic (exact) mass is 226 g/mol. The van der Waals surface area contributed by atoms with Crippen molar-refractivity contribution in [3.63, 3.8) is 0 Å². The van der Waals surface area contributed by atoms with E-state index in [1.165, 1.54) is 20.3 Å². The first-order chi connectivity index (χ1) is 7.54. The van der Waals surface area contributed by atoms with Crippen LogP contribution in [0.2, 0.25) is 0 Å². The molecule has 1 saturated carbocycles. The summed E-state index contributed by atoms with van der Waals surface area (Å²) >= 11 is 0. The van der Waals surface area contributed by atoms with E-state index >= 15 is 0 Å². The molecule has 0 heterocycles. The van der Waals surface area contributed by atoms with E-state index in [0.717, 1.165) is 31.3 Å². The summed E-state index contributed by atoms with van der Waals surface area (Å²) < 4.78 is 9.40. The minimum absolute atomic E-state index is 0.276. The Kier molecular flexibility index (Phi) is 4.10. The SMILES string of the molecule is COC(=O)/C=C1\CCCC[C@]1(C)C(=O)OC. The van der Waals surface area contributed by atoms with Crippen molar-refractivity contribution >= 4 is 11.9 Å². The molecule has 1 rings (SSSR count). The zero-order chi connectivity index (χ0) is 12.2. The molecule has 16 heavy (non-hydrogen) atoms. The third-order valence-corrected chi connectivity index (χ3v) is 3.21. The van der Waals surface area contributed by atoms with Crippen LogP contribution in [0.5, 0.6) is 0 Å². The molecule has 0 saturated heterocycles. The zero-order valence-corrected chi connectivity index (χ0v) is 10.0. The van der Waals surface area contributed by atoms with Crippen LogP contribution in [-0.4, -0.2) is 26.2 Å². The fourth-order valence-corrected chi connectivity index (χ4v) is 2.12. The van der Waals surface area contributed by atoms with Gasteiger partial charge in [-0.3, -0.25) is 4.79 Å². The van der Waals surface area contributed by atoms with Gasteiger partial charge >= 0.3 is 11.9 Å². The Morgan fingerprint density at radius 2 is 1.94 bits per heavy atom. The van der Waals surface area contributed by atoms with Gasteiger partial charge in [0.15, 0.2) is 0 Å². The molecular weight excluding hydrogens is 208 g/mol. The quantitative estimate of drug-likeness (QED) is 0.532. The van der Waals surface area contributed by atoms with E-state index in [1.54, 1.807) is 0 Å². The van der Waals surface area contributed by atoms with Gasteiger partial charge in [0.25, 0.3) is 0 Å². The highest BCUT2D eigenvalue weighted by molar-refractivity contribution is 5.87. The van der Waals surface area contributed by atoms with E-state index < -0.39 is 11.4 Å². The molecule has 0 bridgehead atoms. The maximum absolute atomic E-state index is 11.8. The van der Waals surface area contributed by atoms with Crippen LogP contribution in [0.3, 0.4) is 0 Å². The van der Waals surface area contributed by atoms with Crippen molar-refractivity contribution in [1.82, 2.24) is 0 Å². The Morgan fingerprint density at radius 1 is 1.25 bits per heavy atom. The predicted molar refractivity (Wildman–Crippen MR) is 58.7 cm³/mol. The van der Waals surface area contributed by atoms with Crippen LogP contribution in [0.25, 0.3) is 0 Å². The van der Waals surface area contributed by atoms with Crippen LogP contribution >= 0.6 is 0 Å². The number of hydrogen-bond acceptors (Lipinski definition) is 4. The molecule has 1 aliphatic carbocycles. The number of methoxy groups -OCH3 is 2. The lowest BCUT2D eigenvalue weighted by Crippen LogP contribution is -2.34. The van der Waals surface area contributed by atoms with Gasteiger partial charge < -0.3 is 9.47 Å². The summed E-state index contributed by atoms with van der Waals surface area (Å²) in [6, 6.07) is 0. The molecule has 0 amide bonds. The van der Waals surface area contributed by atoms with Crippen molar-refractivity contribution in [2.24, 2.45) is 5.41 Å². The van der Waals surface area contributed by atoms with Gasteiger partial charge in [0.1, 0.15) is 0 Å². The van der Waals surface area contributed by atoms with E-state index in [4.69, 9.17) is 4.74 Å². The molecule has 1 aliphatic rings. The predicted octanol–water partition coefficient (Wildman–Crippen LogP) is 1.84. The Morgan fingerprint density at radius 3 is 2.50 bits per heavy atom. The Hall–Kier alpha value is -1.32. The average Bonchev–Trinajstić information content (AvgIpc) is 2.30. The molecule has 0 radical (unpaired) electrons. The summed E-state index contributed by atoms with van der Waals surface area (Å²) in [6.07, 6.45) is 4.87. The Labute approximate surface area is 95.6 Å². The lowest BCUT2D eigenvalue weighted by Gasteiger charge is -2.33. The van der Waals surface area contributed by atoms with Crippen molar-refractivity contribution in [3.05, 3.63) is 11.6 Å². The van der Waals surface area contributed by atoms with E-state index in [-0.39, 0.29) is 5.97 Å². The fourth-order valence-electron chi connectivity index (χ4n) is 2.12. The van der Waals surface area contributed by atoms with Crippen molar-refractivity contribution < 1.29 is 19.1 Å². The zero-order valence-electron chi connectivity index (χ0n) is 10.0. The van der Waals surface area contributed by atoms with Gasteiger partial charge in [-0.1, -0.05) is 6.42 Å². The first-order valence-electron chi connectivity index (χ1n) is 5.42. The standard InChI is InChI=1S/C12H18O4/c1-12(11(14)16-3)7-5-4-6-9(12)8-10(13)15-2/h8H,4-7H2,1-3H3/b9-8+/t12-/m0/s1. The van der Waals surface area contributed by atoms with Crippen LogP contribution in [0, 0.1) is 5.41 Å². The second-order valence-corrected chi connectivity index (χ2v) is 4.22. The van der Waals surface area contributed by atoms with E-state index in [2.05, 4.69) is 4.74 Å². The topological polar surface area (TPSA) is 52.6 Å². The summed E-state index contributed by atoms with van der Waals surface area (Å²) in [5.41, 5.74) is 0.152. The van der Waals surface area contributed by atoms with Crippen LogP contribution < -0.4 is 0 Å². The minimum Gasteiger partial charge on any atom is -0.468 e. The summed E-state index contributed by atoms with van der Waals surface area (Å²) in [6.45, 7) is 1.83. The Balaban J connectivity index is 2.99. The number of rotatable bonds is 2. The molecule has 4 nitrogen and oxygen atoms in total. The van der Waals surface area contributed by atoms with Gasteiger partial charge in [-0.15, -0.1) is 0 Å². The van der Waals surface area contributed by atoms with Gasteiger partial charge in [-0.2, -0.15) is 0 Å². The highest BCUT2D eigenvalue weighted by Gasteiger charge is 2.40. The highest BCUT2D eigenvalue weighted by Crippen LogP contribution is 2.41. The third kappa shape index (κ3) is 2.43. The summed E-state index contributed by atoms with van der Waals surface area (Å²) in [7, 11) is 2.70. The van der Waals surface area contributed by atoms with Gasteiger partial charge in [-0.05, 0) is 31.8 Å². The number of hydrogen-bond donors (Lipinski definition) is 0. The molecule has 4 heteroatoms. The van der Waals surface area contributed by atoms with Gasteiger partial charge in [0.05, 0.1) is 19.6 Å². The van der Waals surface area contributed by atoms with Gasteiger partial charge in [0, 0.05) is 6.08 Å². The van der Waals surface area contributed by atoms with E-state index in [0.29, 0.717) is 0 Å². The lowest BCUT2D eigenvalue weighted by molar-refractivity contribution is -0.150. The van der Waals surface area contributed by atoms with Crippen LogP contribution in [0.1, 0.15) is 32.6 Å². The molecule has 90 valence electrons. The van der Waals surface area contributed by atoms with Gasteiger partial charge in [0.2, 0.25) is 0 Å². The van der Waals surface area contributed by atoms with Crippen LogP contribution in [0.15, 0.2) is 11.6 Å². The first-order valence-corrected chi connectivity index (χ1v) is 5.42. The van der Waals surface area contributed by atoms with Crippen molar-refractivity contribution in [3.8, 4) is 0 Å². The van der Waals surface area contributed by atoms with Crippen molar-refractivity contribution in [2.45, 2.75) is 32.6 Å². The minimum atomic E-state index is -0.665. The maximum atomic E-state index is 11.8. The van der Waals surface area contributed by atoms with E-state index in [9.17, 15) is 9.59 Å². The molecular formula is C12H18O4. The van der Waals surface area contributed by atoms with Crippen LogP contribution in [0.4, 0.5) is 0 Å². The van der Waals surface area contributed by atoms with Gasteiger partial charge in [-0.25, -0.2) is 4.79 Å². The fraction of sp³-hybridized carbons (Fsp3) is 0.667. The molecule has 0 unspecified atom stereocenters. The lowest BCUT2D eigenvalue weighted by atomic mass is 9.71. The molecule has 1 fully saturated rings.